The standard InChI is InChI=1S/C22H19N5O3S/c23-9-11-25-22(28)21(13-16-14-26-20-6-2-1-5-18(16)20)27-31(29,30)17-7-8-19-15(12-17)4-3-10-24-19/h1-8,10,12,14,21,26-27H,11,13H2,(H,25,28). The largest absolute Gasteiger partial charge is 0.361 e. The molecule has 8 nitrogen and oxygen atoms in total. The van der Waals surface area contributed by atoms with Gasteiger partial charge in [-0.25, -0.2) is 8.42 Å². The average Bonchev–Trinajstić information content (AvgIpc) is 3.19. The molecule has 0 aliphatic rings. The number of amides is 1. The molecule has 1 unspecified atom stereocenters. The second-order valence-corrected chi connectivity index (χ2v) is 8.69. The summed E-state index contributed by atoms with van der Waals surface area (Å²) < 4.78 is 28.6. The number of hydrogen-bond donors (Lipinski definition) is 3. The van der Waals surface area contributed by atoms with Crippen molar-refractivity contribution >= 4 is 37.7 Å². The maximum Gasteiger partial charge on any atom is 0.241 e. The Morgan fingerprint density at radius 3 is 2.84 bits per heavy atom. The lowest BCUT2D eigenvalue weighted by Gasteiger charge is -2.18. The molecule has 0 radical (unpaired) electrons. The van der Waals surface area contributed by atoms with E-state index < -0.39 is 22.0 Å². The summed E-state index contributed by atoms with van der Waals surface area (Å²) in [6, 6.07) is 16.4. The van der Waals surface area contributed by atoms with Gasteiger partial charge in [-0.05, 0) is 42.3 Å². The molecule has 0 aliphatic carbocycles. The van der Waals surface area contributed by atoms with Crippen LogP contribution in [0.1, 0.15) is 5.56 Å². The summed E-state index contributed by atoms with van der Waals surface area (Å²) in [5.74, 6) is -0.571. The molecule has 0 spiro atoms. The van der Waals surface area contributed by atoms with Crippen LogP contribution in [-0.2, 0) is 21.2 Å². The number of rotatable bonds is 7. The molecule has 0 aliphatic heterocycles. The number of nitriles is 1. The molecule has 0 saturated heterocycles. The van der Waals surface area contributed by atoms with Crippen molar-refractivity contribution in [3.05, 3.63) is 72.6 Å². The van der Waals surface area contributed by atoms with Crippen molar-refractivity contribution in [3.8, 4) is 6.07 Å². The van der Waals surface area contributed by atoms with Crippen molar-refractivity contribution in [1.29, 1.82) is 5.26 Å². The van der Waals surface area contributed by atoms with Crippen LogP contribution in [0.3, 0.4) is 0 Å². The van der Waals surface area contributed by atoms with Gasteiger partial charge in [0.25, 0.3) is 0 Å². The Balaban J connectivity index is 1.65. The Hall–Kier alpha value is -3.74. The molecule has 4 rings (SSSR count). The maximum atomic E-state index is 13.1. The minimum Gasteiger partial charge on any atom is -0.361 e. The van der Waals surface area contributed by atoms with Crippen LogP contribution in [0.5, 0.6) is 0 Å². The van der Waals surface area contributed by atoms with E-state index in [9.17, 15) is 13.2 Å². The fourth-order valence-corrected chi connectivity index (χ4v) is 4.66. The van der Waals surface area contributed by atoms with Crippen molar-refractivity contribution in [2.75, 3.05) is 6.54 Å². The first kappa shape index (κ1) is 20.5. The number of H-pyrrole nitrogens is 1. The molecular weight excluding hydrogens is 414 g/mol. The van der Waals surface area contributed by atoms with E-state index in [1.807, 2.05) is 30.3 Å². The summed E-state index contributed by atoms with van der Waals surface area (Å²) in [5, 5.41) is 12.8. The minimum absolute atomic E-state index is 0.0324. The highest BCUT2D eigenvalue weighted by Crippen LogP contribution is 2.21. The van der Waals surface area contributed by atoms with Crippen LogP contribution in [0.4, 0.5) is 0 Å². The summed E-state index contributed by atoms with van der Waals surface area (Å²) in [4.78, 5) is 20.0. The molecule has 4 aromatic rings. The summed E-state index contributed by atoms with van der Waals surface area (Å²) in [7, 11) is -4.01. The van der Waals surface area contributed by atoms with E-state index in [0.717, 1.165) is 16.5 Å². The van der Waals surface area contributed by atoms with Gasteiger partial charge < -0.3 is 10.3 Å². The third kappa shape index (κ3) is 4.40. The molecule has 1 amide bonds. The zero-order valence-electron chi connectivity index (χ0n) is 16.4. The fraction of sp³-hybridized carbons (Fsp3) is 0.136. The van der Waals surface area contributed by atoms with Gasteiger partial charge in [-0.1, -0.05) is 24.3 Å². The summed E-state index contributed by atoms with van der Waals surface area (Å²) in [6.07, 6.45) is 3.51. The first-order chi connectivity index (χ1) is 15.0. The summed E-state index contributed by atoms with van der Waals surface area (Å²) in [5.41, 5.74) is 2.35. The SMILES string of the molecule is N#CCNC(=O)C(Cc1c[nH]c2ccccc12)NS(=O)(=O)c1ccc2ncccc2c1. The lowest BCUT2D eigenvalue weighted by molar-refractivity contribution is -0.122. The van der Waals surface area contributed by atoms with Gasteiger partial charge in [0, 0.05) is 28.7 Å². The number of fused-ring (bicyclic) bond motifs is 2. The number of pyridine rings is 1. The van der Waals surface area contributed by atoms with Gasteiger partial charge in [-0.3, -0.25) is 9.78 Å². The zero-order chi connectivity index (χ0) is 21.8. The quantitative estimate of drug-likeness (QED) is 0.385. The number of carbonyl (C=O) groups excluding carboxylic acids is 1. The van der Waals surface area contributed by atoms with E-state index in [1.54, 1.807) is 30.6 Å². The van der Waals surface area contributed by atoms with E-state index in [4.69, 9.17) is 5.26 Å². The van der Waals surface area contributed by atoms with Crippen molar-refractivity contribution < 1.29 is 13.2 Å². The molecule has 31 heavy (non-hydrogen) atoms. The van der Waals surface area contributed by atoms with Crippen LogP contribution >= 0.6 is 0 Å². The Morgan fingerprint density at radius 1 is 1.16 bits per heavy atom. The topological polar surface area (TPSA) is 128 Å². The molecule has 0 fully saturated rings. The van der Waals surface area contributed by atoms with Gasteiger partial charge in [0.15, 0.2) is 0 Å². The first-order valence-electron chi connectivity index (χ1n) is 9.55. The van der Waals surface area contributed by atoms with Gasteiger partial charge in [0.2, 0.25) is 15.9 Å². The molecule has 0 bridgehead atoms. The van der Waals surface area contributed by atoms with E-state index in [0.29, 0.717) is 10.9 Å². The number of hydrogen-bond acceptors (Lipinski definition) is 5. The van der Waals surface area contributed by atoms with E-state index in [1.165, 1.54) is 12.1 Å². The van der Waals surface area contributed by atoms with Gasteiger partial charge in [-0.2, -0.15) is 9.98 Å². The zero-order valence-corrected chi connectivity index (χ0v) is 17.2. The number of benzene rings is 2. The second kappa shape index (κ2) is 8.55. The van der Waals surface area contributed by atoms with Gasteiger partial charge >= 0.3 is 0 Å². The van der Waals surface area contributed by atoms with Crippen molar-refractivity contribution in [2.24, 2.45) is 0 Å². The lowest BCUT2D eigenvalue weighted by atomic mass is 10.1. The number of carbonyl (C=O) groups is 1. The van der Waals surface area contributed by atoms with Crippen molar-refractivity contribution in [1.82, 2.24) is 20.0 Å². The van der Waals surface area contributed by atoms with Gasteiger partial charge in [-0.15, -0.1) is 0 Å². The highest BCUT2D eigenvalue weighted by atomic mass is 32.2. The summed E-state index contributed by atoms with van der Waals surface area (Å²) in [6.45, 7) is -0.216. The van der Waals surface area contributed by atoms with Crippen LogP contribution in [-0.4, -0.2) is 36.9 Å². The normalized spacial score (nSPS) is 12.5. The monoisotopic (exact) mass is 433 g/mol. The molecular formula is C22H19N5O3S. The van der Waals surface area contributed by atoms with Crippen molar-refractivity contribution in [2.45, 2.75) is 17.4 Å². The van der Waals surface area contributed by atoms with Crippen molar-refractivity contribution in [3.63, 3.8) is 0 Å². The highest BCUT2D eigenvalue weighted by molar-refractivity contribution is 7.89. The third-order valence-electron chi connectivity index (χ3n) is 4.94. The predicted octanol–water partition coefficient (Wildman–Crippen LogP) is 2.25. The fourth-order valence-electron chi connectivity index (χ4n) is 3.43. The Morgan fingerprint density at radius 2 is 2.00 bits per heavy atom. The van der Waals surface area contributed by atoms with Gasteiger partial charge in [0.05, 0.1) is 16.5 Å². The molecule has 9 heteroatoms. The smallest absolute Gasteiger partial charge is 0.241 e. The van der Waals surface area contributed by atoms with Crippen LogP contribution in [0.25, 0.3) is 21.8 Å². The van der Waals surface area contributed by atoms with Crippen LogP contribution < -0.4 is 10.0 Å². The molecule has 2 heterocycles. The highest BCUT2D eigenvalue weighted by Gasteiger charge is 2.27. The third-order valence-corrected chi connectivity index (χ3v) is 6.41. The van der Waals surface area contributed by atoms with Crippen LogP contribution in [0.15, 0.2) is 71.9 Å². The summed E-state index contributed by atoms with van der Waals surface area (Å²) >= 11 is 0. The van der Waals surface area contributed by atoms with E-state index >= 15 is 0 Å². The second-order valence-electron chi connectivity index (χ2n) is 6.97. The van der Waals surface area contributed by atoms with E-state index in [2.05, 4.69) is 20.0 Å². The average molecular weight is 433 g/mol. The Kier molecular flexibility index (Phi) is 5.66. The number of sulfonamides is 1. The number of aromatic nitrogens is 2. The molecule has 3 N–H and O–H groups in total. The molecule has 0 saturated carbocycles. The predicted molar refractivity (Wildman–Crippen MR) is 116 cm³/mol. The number of nitrogens with one attached hydrogen (secondary N) is 3. The minimum atomic E-state index is -4.01. The Bertz CT molecular complexity index is 1410. The van der Waals surface area contributed by atoms with Gasteiger partial charge in [0.1, 0.15) is 12.6 Å². The van der Waals surface area contributed by atoms with Crippen LogP contribution in [0, 0.1) is 11.3 Å². The van der Waals surface area contributed by atoms with E-state index in [-0.39, 0.29) is 17.9 Å². The molecule has 2 aromatic carbocycles. The number of aromatic amines is 1. The number of para-hydroxylation sites is 1. The molecule has 1 atom stereocenters. The maximum absolute atomic E-state index is 13.1. The first-order valence-corrected chi connectivity index (χ1v) is 11.0. The molecule has 2 aromatic heterocycles. The number of nitrogens with zero attached hydrogens (tertiary/aromatic N) is 2. The lowest BCUT2D eigenvalue weighted by Crippen LogP contribution is -2.48. The molecule has 156 valence electrons. The Labute approximate surface area is 179 Å². The van der Waals surface area contributed by atoms with Crippen LogP contribution in [0.2, 0.25) is 0 Å².